The van der Waals surface area contributed by atoms with E-state index in [0.717, 1.165) is 0 Å². The van der Waals surface area contributed by atoms with Crippen molar-refractivity contribution in [1.29, 1.82) is 0 Å². The molecule has 0 radical (unpaired) electrons. The van der Waals surface area contributed by atoms with Gasteiger partial charge in [0.25, 0.3) is 0 Å². The van der Waals surface area contributed by atoms with Gasteiger partial charge in [0.05, 0.1) is 0 Å². The molecule has 0 bridgehead atoms. The van der Waals surface area contributed by atoms with Crippen LogP contribution in [0.25, 0.3) is 0 Å². The van der Waals surface area contributed by atoms with Crippen molar-refractivity contribution in [2.24, 2.45) is 0 Å². The van der Waals surface area contributed by atoms with Crippen molar-refractivity contribution in [3.8, 4) is 0 Å². The number of Topliss-reactive ketones (excluding diaryl/α,β-unsaturated/α-hetero) is 1. The summed E-state index contributed by atoms with van der Waals surface area (Å²) in [6.45, 7) is 2.74. The Morgan fingerprint density at radius 2 is 1.33 bits per heavy atom. The minimum Gasteiger partial charge on any atom is -0.480 e. The van der Waals surface area contributed by atoms with Gasteiger partial charge in [-0.1, -0.05) is 0 Å². The fourth-order valence-corrected chi connectivity index (χ4v) is 0.293. The predicted molar refractivity (Wildman–Crippen MR) is 67.4 cm³/mol. The van der Waals surface area contributed by atoms with Gasteiger partial charge in [-0.2, -0.15) is 0 Å². The molecule has 2 atom stereocenters. The summed E-state index contributed by atoms with van der Waals surface area (Å²) in [4.78, 5) is 39.2. The molecule has 0 aliphatic heterocycles. The van der Waals surface area contributed by atoms with Gasteiger partial charge in [0.2, 0.25) is 0 Å². The first-order valence-electron chi connectivity index (χ1n) is 5.53. The Morgan fingerprint density at radius 3 is 1.48 bits per heavy atom. The van der Waals surface area contributed by atoms with Crippen LogP contribution in [-0.4, -0.2) is 74.6 Å². The number of aliphatic hydroxyl groups excluding tert-OH is 3. The summed E-state index contributed by atoms with van der Waals surface area (Å²) in [6, 6.07) is 0. The van der Waals surface area contributed by atoms with E-state index in [1.165, 1.54) is 20.8 Å². The van der Waals surface area contributed by atoms with Crippen LogP contribution in [0.3, 0.4) is 0 Å². The van der Waals surface area contributed by atoms with Crippen LogP contribution in [-0.2, 0) is 23.9 Å². The second kappa shape index (κ2) is 14.4. The lowest BCUT2D eigenvalue weighted by Crippen LogP contribution is -2.21. The van der Waals surface area contributed by atoms with E-state index in [2.05, 4.69) is 4.74 Å². The molecule has 0 amide bonds. The first kappa shape index (κ1) is 24.0. The van der Waals surface area contributed by atoms with Crippen molar-refractivity contribution in [1.82, 2.24) is 0 Å². The number of carbonyl (C=O) groups excluding carboxylic acids is 2. The number of hydrogen-bond acceptors (Lipinski definition) is 8. The number of carboxylic acid groups (broad SMARTS) is 2. The van der Waals surface area contributed by atoms with E-state index >= 15 is 0 Å². The number of esters is 1. The molecule has 0 aromatic carbocycles. The molecule has 0 aliphatic rings. The van der Waals surface area contributed by atoms with Gasteiger partial charge in [-0.05, 0) is 20.8 Å². The molecule has 0 saturated carbocycles. The van der Waals surface area contributed by atoms with Crippen molar-refractivity contribution < 1.29 is 49.4 Å². The van der Waals surface area contributed by atoms with Gasteiger partial charge in [0.15, 0.2) is 5.78 Å². The topological polar surface area (TPSA) is 179 Å². The Balaban J connectivity index is -0.000000252. The number of aliphatic hydroxyl groups is 3. The minimum absolute atomic E-state index is 0.242. The van der Waals surface area contributed by atoms with Crippen LogP contribution < -0.4 is 0 Å². The molecule has 124 valence electrons. The first-order chi connectivity index (χ1) is 9.45. The highest BCUT2D eigenvalue weighted by molar-refractivity contribution is 5.81. The second-order valence-corrected chi connectivity index (χ2v) is 3.55. The fraction of sp³-hybridized carbons (Fsp3) is 0.636. The molecule has 0 spiro atoms. The lowest BCUT2D eigenvalue weighted by molar-refractivity contribution is -0.155. The van der Waals surface area contributed by atoms with Crippen LogP contribution in [0.4, 0.5) is 0 Å². The molecule has 0 saturated heterocycles. The SMILES string of the molecule is CC(=O)COC(=O)C(C)O.CC(O)C(=O)O.O=C(O)CO. The van der Waals surface area contributed by atoms with Crippen LogP contribution in [0.2, 0.25) is 0 Å². The third-order valence-electron chi connectivity index (χ3n) is 1.25. The maximum absolute atomic E-state index is 10.4. The number of ketones is 1. The van der Waals surface area contributed by atoms with Gasteiger partial charge in [-0.15, -0.1) is 0 Å². The van der Waals surface area contributed by atoms with Crippen molar-refractivity contribution in [2.45, 2.75) is 33.0 Å². The average molecular weight is 312 g/mol. The summed E-state index contributed by atoms with van der Waals surface area (Å²) in [5, 5.41) is 39.3. The monoisotopic (exact) mass is 312 g/mol. The summed E-state index contributed by atoms with van der Waals surface area (Å²) in [6.07, 6.45) is -2.38. The highest BCUT2D eigenvalue weighted by atomic mass is 16.5. The zero-order valence-electron chi connectivity index (χ0n) is 11.8. The molecule has 0 aromatic rings. The number of carboxylic acids is 2. The number of carbonyl (C=O) groups is 4. The highest BCUT2D eigenvalue weighted by Crippen LogP contribution is 1.86. The molecule has 5 N–H and O–H groups in total. The summed E-state index contributed by atoms with van der Waals surface area (Å²) in [7, 11) is 0. The van der Waals surface area contributed by atoms with E-state index < -0.39 is 36.7 Å². The lowest BCUT2D eigenvalue weighted by atomic mass is 10.4. The number of rotatable bonds is 5. The summed E-state index contributed by atoms with van der Waals surface area (Å²) in [5.74, 6) is -3.38. The molecule has 0 aliphatic carbocycles. The van der Waals surface area contributed by atoms with Crippen molar-refractivity contribution in [2.75, 3.05) is 13.2 Å². The zero-order valence-corrected chi connectivity index (χ0v) is 11.8. The molecular weight excluding hydrogens is 292 g/mol. The first-order valence-corrected chi connectivity index (χ1v) is 5.53. The van der Waals surface area contributed by atoms with Gasteiger partial charge in [-0.3, -0.25) is 4.79 Å². The van der Waals surface area contributed by atoms with Crippen LogP contribution in [0.1, 0.15) is 20.8 Å². The Hall–Kier alpha value is -2.04. The zero-order chi connectivity index (χ0) is 17.6. The van der Waals surface area contributed by atoms with Crippen LogP contribution in [0.5, 0.6) is 0 Å². The van der Waals surface area contributed by atoms with E-state index in [0.29, 0.717) is 0 Å². The third-order valence-corrected chi connectivity index (χ3v) is 1.25. The Kier molecular flexibility index (Phi) is 16.4. The molecule has 10 heteroatoms. The molecule has 2 unspecified atom stereocenters. The van der Waals surface area contributed by atoms with E-state index in [1.54, 1.807) is 0 Å². The second-order valence-electron chi connectivity index (χ2n) is 3.55. The summed E-state index contributed by atoms with van der Waals surface area (Å²) in [5.41, 5.74) is 0. The molecular formula is C11H20O10. The minimum atomic E-state index is -1.23. The quantitative estimate of drug-likeness (QED) is 0.357. The van der Waals surface area contributed by atoms with E-state index in [4.69, 9.17) is 30.3 Å². The largest absolute Gasteiger partial charge is 0.480 e. The molecule has 21 heavy (non-hydrogen) atoms. The summed E-state index contributed by atoms with van der Waals surface area (Å²) >= 11 is 0. The van der Waals surface area contributed by atoms with Crippen molar-refractivity contribution in [3.63, 3.8) is 0 Å². The molecule has 10 nitrogen and oxygen atoms in total. The smallest absolute Gasteiger partial charge is 0.335 e. The van der Waals surface area contributed by atoms with Crippen molar-refractivity contribution in [3.05, 3.63) is 0 Å². The van der Waals surface area contributed by atoms with Crippen LogP contribution in [0.15, 0.2) is 0 Å². The summed E-state index contributed by atoms with van der Waals surface area (Å²) < 4.78 is 4.33. The molecule has 0 fully saturated rings. The van der Waals surface area contributed by atoms with Gasteiger partial charge < -0.3 is 30.3 Å². The van der Waals surface area contributed by atoms with Crippen LogP contribution in [0, 0.1) is 0 Å². The van der Waals surface area contributed by atoms with E-state index in [9.17, 15) is 14.4 Å². The molecule has 0 rings (SSSR count). The highest BCUT2D eigenvalue weighted by Gasteiger charge is 2.09. The van der Waals surface area contributed by atoms with Gasteiger partial charge in [-0.25, -0.2) is 14.4 Å². The number of ether oxygens (including phenoxy) is 1. The Morgan fingerprint density at radius 1 is 1.00 bits per heavy atom. The Labute approximate surface area is 120 Å². The van der Waals surface area contributed by atoms with Crippen molar-refractivity contribution >= 4 is 23.7 Å². The third kappa shape index (κ3) is 27.2. The van der Waals surface area contributed by atoms with Gasteiger partial charge in [0.1, 0.15) is 25.4 Å². The average Bonchev–Trinajstić information content (AvgIpc) is 2.36. The Bertz CT molecular complexity index is 334. The maximum atomic E-state index is 10.4. The van der Waals surface area contributed by atoms with Gasteiger partial charge >= 0.3 is 17.9 Å². The molecule has 0 heterocycles. The lowest BCUT2D eigenvalue weighted by Gasteiger charge is -2.02. The molecule has 0 aromatic heterocycles. The maximum Gasteiger partial charge on any atom is 0.335 e. The fourth-order valence-electron chi connectivity index (χ4n) is 0.293. The van der Waals surface area contributed by atoms with E-state index in [-0.39, 0.29) is 12.4 Å². The normalized spacial score (nSPS) is 11.5. The van der Waals surface area contributed by atoms with Gasteiger partial charge in [0, 0.05) is 0 Å². The van der Waals surface area contributed by atoms with E-state index in [1.807, 2.05) is 0 Å². The number of aliphatic carboxylic acids is 2. The standard InChI is InChI=1S/C6H10O4.C3H6O3.C2H4O3/c1-4(7)3-10-6(9)5(2)8;1-2(4)3(5)6;3-1-2(4)5/h5,8H,3H2,1-2H3;2,4H,1H3,(H,5,6);3H,1H2,(H,4,5). The van der Waals surface area contributed by atoms with Crippen LogP contribution >= 0.6 is 0 Å². The predicted octanol–water partition coefficient (Wildman–Crippen LogP) is -1.99. The number of hydrogen-bond donors (Lipinski definition) is 5.